The summed E-state index contributed by atoms with van der Waals surface area (Å²) in [6.07, 6.45) is 15.7. The van der Waals surface area contributed by atoms with Gasteiger partial charge in [-0.3, -0.25) is 9.59 Å². The van der Waals surface area contributed by atoms with Gasteiger partial charge in [-0.1, -0.05) is 38.5 Å². The zero-order chi connectivity index (χ0) is 33.5. The molecule has 0 radical (unpaired) electrons. The monoisotopic (exact) mass is 633 g/mol. The van der Waals surface area contributed by atoms with Crippen LogP contribution in [0.1, 0.15) is 152 Å². The molecule has 2 saturated carbocycles. The van der Waals surface area contributed by atoms with Crippen molar-refractivity contribution in [2.45, 2.75) is 169 Å². The fourth-order valence-electron chi connectivity index (χ4n) is 8.17. The second-order valence-electron chi connectivity index (χ2n) is 17.6. The second-order valence-corrected chi connectivity index (χ2v) is 17.6. The highest BCUT2D eigenvalue weighted by molar-refractivity contribution is 5.84. The van der Waals surface area contributed by atoms with Crippen molar-refractivity contribution in [3.05, 3.63) is 0 Å². The zero-order valence-corrected chi connectivity index (χ0v) is 30.5. The van der Waals surface area contributed by atoms with Crippen molar-refractivity contribution in [1.82, 2.24) is 20.9 Å². The van der Waals surface area contributed by atoms with E-state index in [1.54, 1.807) is 4.90 Å². The molecule has 260 valence electrons. The molecule has 2 heterocycles. The molecule has 2 aliphatic carbocycles. The number of likely N-dealkylation sites (tertiary alicyclic amines) is 1. The number of nitrogens with zero attached hydrogens (tertiary/aromatic N) is 1. The summed E-state index contributed by atoms with van der Waals surface area (Å²) in [4.78, 5) is 40.4. The van der Waals surface area contributed by atoms with Gasteiger partial charge in [0.05, 0.1) is 10.8 Å². The van der Waals surface area contributed by atoms with Gasteiger partial charge < -0.3 is 25.6 Å². The van der Waals surface area contributed by atoms with Crippen molar-refractivity contribution in [3.8, 4) is 0 Å². The number of hydrogen-bond acceptors (Lipinski definition) is 5. The molecule has 0 aromatic heterocycles. The van der Waals surface area contributed by atoms with E-state index in [-0.39, 0.29) is 33.9 Å². The van der Waals surface area contributed by atoms with Gasteiger partial charge >= 0.3 is 6.09 Å². The first-order chi connectivity index (χ1) is 20.9. The van der Waals surface area contributed by atoms with E-state index in [1.807, 2.05) is 41.5 Å². The highest BCUT2D eigenvalue weighted by atomic mass is 16.6. The molecule has 0 bridgehead atoms. The quantitative estimate of drug-likeness (QED) is 0.301. The van der Waals surface area contributed by atoms with Crippen LogP contribution in [0, 0.1) is 22.7 Å². The molecule has 0 aromatic rings. The largest absolute Gasteiger partial charge is 0.444 e. The van der Waals surface area contributed by atoms with Gasteiger partial charge in [0.2, 0.25) is 11.8 Å². The third kappa shape index (κ3) is 10.9. The molecule has 4 fully saturated rings. The van der Waals surface area contributed by atoms with Gasteiger partial charge in [-0.25, -0.2) is 4.79 Å². The summed E-state index contributed by atoms with van der Waals surface area (Å²) < 4.78 is 5.52. The molecule has 45 heavy (non-hydrogen) atoms. The molecule has 0 atom stereocenters. The van der Waals surface area contributed by atoms with Crippen LogP contribution in [0.4, 0.5) is 4.79 Å². The average molecular weight is 633 g/mol. The van der Waals surface area contributed by atoms with E-state index in [1.165, 1.54) is 51.4 Å². The maximum Gasteiger partial charge on any atom is 0.410 e. The summed E-state index contributed by atoms with van der Waals surface area (Å²) in [7, 11) is 0. The van der Waals surface area contributed by atoms with Crippen molar-refractivity contribution in [1.29, 1.82) is 0 Å². The number of piperidine rings is 2. The van der Waals surface area contributed by atoms with Crippen LogP contribution in [0.25, 0.3) is 0 Å². The SMILES string of the molecule is CC(C)(C)NC(=O)C1(C2CCCCC2)CCN(C(=O)OC(C)(C)C)CC1.CC(C)(C)NC(=O)C1(C2CCCCC2)CCNCC1. The maximum absolute atomic E-state index is 13.3. The molecular formula is C37H68N4O4. The van der Waals surface area contributed by atoms with E-state index in [0.717, 1.165) is 51.6 Å². The van der Waals surface area contributed by atoms with Crippen molar-refractivity contribution >= 4 is 17.9 Å². The summed E-state index contributed by atoms with van der Waals surface area (Å²) in [5, 5.41) is 9.91. The molecule has 8 heteroatoms. The van der Waals surface area contributed by atoms with Crippen LogP contribution < -0.4 is 16.0 Å². The Kier molecular flexibility index (Phi) is 12.9. The highest BCUT2D eigenvalue weighted by Crippen LogP contribution is 2.47. The smallest absolute Gasteiger partial charge is 0.410 e. The normalized spacial score (nSPS) is 23.3. The topological polar surface area (TPSA) is 99.8 Å². The molecule has 4 rings (SSSR count). The summed E-state index contributed by atoms with van der Waals surface area (Å²) in [5.41, 5.74) is -1.28. The van der Waals surface area contributed by atoms with E-state index in [2.05, 4.69) is 36.7 Å². The molecule has 0 aromatic carbocycles. The van der Waals surface area contributed by atoms with Crippen molar-refractivity contribution in [2.24, 2.45) is 22.7 Å². The Morgan fingerprint density at radius 3 is 1.36 bits per heavy atom. The summed E-state index contributed by atoms with van der Waals surface area (Å²) in [6, 6.07) is 0. The first-order valence-corrected chi connectivity index (χ1v) is 18.2. The Balaban J connectivity index is 0.000000257. The van der Waals surface area contributed by atoms with E-state index in [0.29, 0.717) is 30.8 Å². The molecule has 2 saturated heterocycles. The molecule has 3 amide bonds. The van der Waals surface area contributed by atoms with Crippen molar-refractivity contribution < 1.29 is 19.1 Å². The van der Waals surface area contributed by atoms with E-state index in [4.69, 9.17) is 4.74 Å². The third-order valence-electron chi connectivity index (χ3n) is 10.5. The van der Waals surface area contributed by atoms with Gasteiger partial charge in [0.25, 0.3) is 0 Å². The number of ether oxygens (including phenoxy) is 1. The lowest BCUT2D eigenvalue weighted by Crippen LogP contribution is -2.57. The van der Waals surface area contributed by atoms with Gasteiger partial charge in [-0.15, -0.1) is 0 Å². The minimum atomic E-state index is -0.488. The number of rotatable bonds is 4. The Hall–Kier alpha value is -1.83. The minimum absolute atomic E-state index is 0.0983. The zero-order valence-electron chi connectivity index (χ0n) is 30.5. The van der Waals surface area contributed by atoms with Crippen LogP contribution in [0.3, 0.4) is 0 Å². The summed E-state index contributed by atoms with van der Waals surface area (Å²) in [5.74, 6) is 1.53. The first kappa shape index (κ1) is 37.6. The van der Waals surface area contributed by atoms with Gasteiger partial charge in [0.15, 0.2) is 0 Å². The second kappa shape index (κ2) is 15.4. The standard InChI is InChI=1S/C21H38N2O3.C16H30N2O/c1-19(2,3)22-17(24)21(16-10-8-7-9-11-16)12-14-23(15-13-21)18(25)26-20(4,5)6;1-15(2,3)18-14(19)16(9-11-17-12-10-16)13-7-5-4-6-8-13/h16H,7-15H2,1-6H3,(H,22,24);13,17H,4-12H2,1-3H3,(H,18,19). The Morgan fingerprint density at radius 1 is 0.622 bits per heavy atom. The minimum Gasteiger partial charge on any atom is -0.444 e. The van der Waals surface area contributed by atoms with Gasteiger partial charge in [-0.05, 0) is 139 Å². The highest BCUT2D eigenvalue weighted by Gasteiger charge is 2.49. The Labute approximate surface area is 275 Å². The first-order valence-electron chi connectivity index (χ1n) is 18.2. The Bertz CT molecular complexity index is 964. The van der Waals surface area contributed by atoms with Crippen LogP contribution in [-0.2, 0) is 14.3 Å². The van der Waals surface area contributed by atoms with Crippen molar-refractivity contribution in [2.75, 3.05) is 26.2 Å². The molecule has 2 aliphatic heterocycles. The number of hydrogen-bond donors (Lipinski definition) is 3. The van der Waals surface area contributed by atoms with Crippen LogP contribution in [0.2, 0.25) is 0 Å². The predicted molar refractivity (Wildman–Crippen MR) is 183 cm³/mol. The van der Waals surface area contributed by atoms with Crippen LogP contribution in [0.15, 0.2) is 0 Å². The number of carbonyl (C=O) groups is 3. The summed E-state index contributed by atoms with van der Waals surface area (Å²) >= 11 is 0. The average Bonchev–Trinajstić information content (AvgIpc) is 2.96. The van der Waals surface area contributed by atoms with Crippen LogP contribution >= 0.6 is 0 Å². The number of nitrogens with one attached hydrogen (secondary N) is 3. The number of carbonyl (C=O) groups excluding carboxylic acids is 3. The molecule has 3 N–H and O–H groups in total. The fraction of sp³-hybridized carbons (Fsp3) is 0.919. The van der Waals surface area contributed by atoms with Crippen molar-refractivity contribution in [3.63, 3.8) is 0 Å². The molecular weight excluding hydrogens is 564 g/mol. The molecule has 8 nitrogen and oxygen atoms in total. The molecule has 0 unspecified atom stereocenters. The van der Waals surface area contributed by atoms with E-state index < -0.39 is 5.60 Å². The Morgan fingerprint density at radius 2 is 1.00 bits per heavy atom. The summed E-state index contributed by atoms with van der Waals surface area (Å²) in [6.45, 7) is 21.2. The predicted octanol–water partition coefficient (Wildman–Crippen LogP) is 7.35. The van der Waals surface area contributed by atoms with Gasteiger partial charge in [-0.2, -0.15) is 0 Å². The fourth-order valence-corrected chi connectivity index (χ4v) is 8.17. The number of amides is 3. The lowest BCUT2D eigenvalue weighted by Gasteiger charge is -2.47. The maximum atomic E-state index is 13.3. The third-order valence-corrected chi connectivity index (χ3v) is 10.5. The van der Waals surface area contributed by atoms with E-state index >= 15 is 0 Å². The molecule has 0 spiro atoms. The molecule has 4 aliphatic rings. The lowest BCUT2D eigenvalue weighted by molar-refractivity contribution is -0.141. The van der Waals surface area contributed by atoms with Crippen LogP contribution in [-0.4, -0.2) is 65.7 Å². The lowest BCUT2D eigenvalue weighted by atomic mass is 9.63. The van der Waals surface area contributed by atoms with Crippen LogP contribution in [0.5, 0.6) is 0 Å². The van der Waals surface area contributed by atoms with Gasteiger partial charge in [0.1, 0.15) is 5.60 Å². The van der Waals surface area contributed by atoms with E-state index in [9.17, 15) is 14.4 Å². The van der Waals surface area contributed by atoms with Gasteiger partial charge in [0, 0.05) is 24.2 Å².